The summed E-state index contributed by atoms with van der Waals surface area (Å²) in [7, 11) is 0. The molecule has 6 heteroatoms. The fourth-order valence-corrected chi connectivity index (χ4v) is 0.796. The highest BCUT2D eigenvalue weighted by molar-refractivity contribution is 7.75. The van der Waals surface area contributed by atoms with Crippen molar-refractivity contribution in [1.82, 2.24) is 0 Å². The fraction of sp³-hybridized carbons (Fsp3) is 1.00. The van der Waals surface area contributed by atoms with Crippen molar-refractivity contribution in [3.05, 3.63) is 0 Å². The van der Waals surface area contributed by atoms with Crippen LogP contribution in [0.2, 0.25) is 0 Å². The van der Waals surface area contributed by atoms with Crippen molar-refractivity contribution in [1.29, 1.82) is 0 Å². The van der Waals surface area contributed by atoms with Gasteiger partial charge in [-0.15, -0.1) is 0 Å². The van der Waals surface area contributed by atoms with Crippen LogP contribution in [0.3, 0.4) is 0 Å². The number of ether oxygens (including phenoxy) is 3. The van der Waals surface area contributed by atoms with Gasteiger partial charge in [0.1, 0.15) is 0 Å². The van der Waals surface area contributed by atoms with Gasteiger partial charge < -0.3 is 24.1 Å². The average molecular weight is 225 g/mol. The monoisotopic (exact) mass is 225 g/mol. The Bertz CT molecular complexity index is 95.3. The van der Waals surface area contributed by atoms with Gasteiger partial charge >= 0.3 is 0 Å². The molecule has 14 heavy (non-hydrogen) atoms. The van der Waals surface area contributed by atoms with E-state index in [2.05, 4.69) is 17.1 Å². The van der Waals surface area contributed by atoms with E-state index < -0.39 is 0 Å². The second-order valence-electron chi connectivity index (χ2n) is 2.46. The summed E-state index contributed by atoms with van der Waals surface area (Å²) < 4.78 is 20.0. The Morgan fingerprint density at radius 2 is 1.14 bits per heavy atom. The number of hydrogen-bond donors (Lipinski definition) is 2. The van der Waals surface area contributed by atoms with Crippen molar-refractivity contribution in [2.45, 2.75) is 0 Å². The average Bonchev–Trinajstić information content (AvgIpc) is 2.21. The molecule has 0 bridgehead atoms. The van der Waals surface area contributed by atoms with Crippen LogP contribution in [0.4, 0.5) is 0 Å². The molecule has 2 N–H and O–H groups in total. The lowest BCUT2D eigenvalue weighted by molar-refractivity contribution is 0.0118. The van der Waals surface area contributed by atoms with E-state index in [0.29, 0.717) is 52.8 Å². The van der Waals surface area contributed by atoms with Gasteiger partial charge in [0.25, 0.3) is 0 Å². The fourth-order valence-electron chi connectivity index (χ4n) is 0.721. The summed E-state index contributed by atoms with van der Waals surface area (Å²) >= 11 is 3.57. The molecule has 0 aromatic rings. The van der Waals surface area contributed by atoms with Crippen LogP contribution in [0.5, 0.6) is 0 Å². The third-order valence-electron chi connectivity index (χ3n) is 1.33. The number of rotatable bonds is 11. The van der Waals surface area contributed by atoms with Crippen molar-refractivity contribution in [3.63, 3.8) is 0 Å². The predicted molar refractivity (Wildman–Crippen MR) is 56.4 cm³/mol. The Hall–Kier alpha value is 0.150. The van der Waals surface area contributed by atoms with Crippen molar-refractivity contribution in [3.8, 4) is 0 Å². The molecule has 0 amide bonds. The molecule has 0 fully saturated rings. The molecule has 0 aromatic carbocycles. The summed E-state index contributed by atoms with van der Waals surface area (Å²) in [6.45, 7) is 4.45. The first-order chi connectivity index (χ1) is 6.91. The Balaban J connectivity index is 2.78. The van der Waals surface area contributed by atoms with Gasteiger partial charge in [-0.2, -0.15) is 0 Å². The Kier molecular flexibility index (Phi) is 13.3. The first kappa shape index (κ1) is 14.2. The maximum atomic E-state index is 5.23. The smallest absolute Gasteiger partial charge is 0.0844 e. The summed E-state index contributed by atoms with van der Waals surface area (Å²) in [5.41, 5.74) is 5.23. The van der Waals surface area contributed by atoms with Gasteiger partial charge in [-0.3, -0.25) is 0 Å². The van der Waals surface area contributed by atoms with Gasteiger partial charge in [0.15, 0.2) is 0 Å². The number of thiol groups is 1. The Morgan fingerprint density at radius 1 is 0.714 bits per heavy atom. The minimum absolute atomic E-state index is 0.489. The lowest BCUT2D eigenvalue weighted by atomic mass is 10.7. The molecule has 0 radical (unpaired) electrons. The van der Waals surface area contributed by atoms with Crippen molar-refractivity contribution in [2.75, 3.05) is 52.8 Å². The van der Waals surface area contributed by atoms with E-state index in [4.69, 9.17) is 19.9 Å². The van der Waals surface area contributed by atoms with Crippen molar-refractivity contribution in [2.24, 2.45) is 5.73 Å². The maximum absolute atomic E-state index is 5.23. The molecule has 0 saturated carbocycles. The molecule has 0 unspecified atom stereocenters. The lowest BCUT2D eigenvalue weighted by Crippen LogP contribution is -2.14. The minimum atomic E-state index is 0.489. The van der Waals surface area contributed by atoms with Crippen LogP contribution in [-0.4, -0.2) is 52.8 Å². The molecule has 0 saturated heterocycles. The van der Waals surface area contributed by atoms with Crippen LogP contribution in [0.25, 0.3) is 0 Å². The van der Waals surface area contributed by atoms with E-state index in [1.54, 1.807) is 0 Å². The molecule has 0 heterocycles. The summed E-state index contributed by atoms with van der Waals surface area (Å²) in [5, 5.41) is 0. The highest BCUT2D eigenvalue weighted by Gasteiger charge is 1.90. The van der Waals surface area contributed by atoms with Gasteiger partial charge in [0.2, 0.25) is 0 Å². The van der Waals surface area contributed by atoms with Crippen molar-refractivity contribution >= 4 is 12.9 Å². The molecule has 0 aromatic heterocycles. The summed E-state index contributed by atoms with van der Waals surface area (Å²) in [6.07, 6.45) is 0. The summed E-state index contributed by atoms with van der Waals surface area (Å²) in [5.74, 6) is 0. The molecule has 86 valence electrons. The van der Waals surface area contributed by atoms with E-state index in [9.17, 15) is 0 Å². The zero-order chi connectivity index (χ0) is 10.5. The SMILES string of the molecule is NCCOCCOCCOCCOS. The minimum Gasteiger partial charge on any atom is -0.378 e. The predicted octanol–water partition coefficient (Wildman–Crippen LogP) is -0.144. The van der Waals surface area contributed by atoms with E-state index in [1.165, 1.54) is 0 Å². The van der Waals surface area contributed by atoms with Gasteiger partial charge in [0, 0.05) is 6.54 Å². The molecule has 0 rings (SSSR count). The van der Waals surface area contributed by atoms with Crippen molar-refractivity contribution < 1.29 is 18.4 Å². The molecule has 5 nitrogen and oxygen atoms in total. The van der Waals surface area contributed by atoms with Gasteiger partial charge in [-0.05, 0) is 12.9 Å². The highest BCUT2D eigenvalue weighted by atomic mass is 32.1. The van der Waals surface area contributed by atoms with Crippen LogP contribution >= 0.6 is 12.9 Å². The van der Waals surface area contributed by atoms with Crippen LogP contribution in [0.15, 0.2) is 0 Å². The Labute approximate surface area is 90.5 Å². The lowest BCUT2D eigenvalue weighted by Gasteiger charge is -2.05. The van der Waals surface area contributed by atoms with Gasteiger partial charge in [-0.25, -0.2) is 0 Å². The standard InChI is InChI=1S/C8H19NO4S/c9-1-2-10-3-4-11-5-6-12-7-8-13-14/h14H,1-9H2. The second kappa shape index (κ2) is 13.2. The number of nitrogens with two attached hydrogens (primary N) is 1. The van der Waals surface area contributed by atoms with E-state index >= 15 is 0 Å². The van der Waals surface area contributed by atoms with E-state index in [1.807, 2.05) is 0 Å². The third-order valence-corrected chi connectivity index (χ3v) is 1.51. The first-order valence-electron chi connectivity index (χ1n) is 4.61. The molecule has 0 spiro atoms. The van der Waals surface area contributed by atoms with Gasteiger partial charge in [-0.1, -0.05) is 0 Å². The quantitative estimate of drug-likeness (QED) is 0.291. The Morgan fingerprint density at radius 3 is 1.57 bits per heavy atom. The number of hydrogen-bond acceptors (Lipinski definition) is 6. The zero-order valence-electron chi connectivity index (χ0n) is 8.31. The molecule has 0 aliphatic rings. The van der Waals surface area contributed by atoms with E-state index in [-0.39, 0.29) is 0 Å². The van der Waals surface area contributed by atoms with Crippen LogP contribution in [0, 0.1) is 0 Å². The van der Waals surface area contributed by atoms with Crippen LogP contribution in [0.1, 0.15) is 0 Å². The second-order valence-corrected chi connectivity index (χ2v) is 2.72. The van der Waals surface area contributed by atoms with Crippen LogP contribution < -0.4 is 5.73 Å². The summed E-state index contributed by atoms with van der Waals surface area (Å²) in [6, 6.07) is 0. The molecular weight excluding hydrogens is 206 g/mol. The zero-order valence-corrected chi connectivity index (χ0v) is 9.21. The molecule has 0 atom stereocenters. The normalized spacial score (nSPS) is 10.7. The molecule has 0 aliphatic carbocycles. The largest absolute Gasteiger partial charge is 0.378 e. The molecular formula is C8H19NO4S. The maximum Gasteiger partial charge on any atom is 0.0844 e. The van der Waals surface area contributed by atoms with E-state index in [0.717, 1.165) is 0 Å². The topological polar surface area (TPSA) is 62.9 Å². The first-order valence-corrected chi connectivity index (χ1v) is 4.98. The van der Waals surface area contributed by atoms with Crippen LogP contribution in [-0.2, 0) is 18.4 Å². The summed E-state index contributed by atoms with van der Waals surface area (Å²) in [4.78, 5) is 0. The third kappa shape index (κ3) is 12.2. The highest BCUT2D eigenvalue weighted by Crippen LogP contribution is 1.82. The van der Waals surface area contributed by atoms with Gasteiger partial charge in [0.05, 0.1) is 46.2 Å². The molecule has 0 aliphatic heterocycles.